The van der Waals surface area contributed by atoms with Crippen molar-refractivity contribution < 1.29 is 0 Å². The highest BCUT2D eigenvalue weighted by Crippen LogP contribution is 2.66. The summed E-state index contributed by atoms with van der Waals surface area (Å²) in [6, 6.07) is 14.2. The van der Waals surface area contributed by atoms with Crippen molar-refractivity contribution >= 4 is 5.69 Å². The van der Waals surface area contributed by atoms with Crippen molar-refractivity contribution in [2.24, 2.45) is 29.1 Å². The van der Waals surface area contributed by atoms with Crippen LogP contribution in [0.5, 0.6) is 0 Å². The number of nitrogens with one attached hydrogen (secondary N) is 3. The maximum Gasteiger partial charge on any atom is 0.0453 e. The molecule has 6 fully saturated rings. The Morgan fingerprint density at radius 2 is 1.57 bits per heavy atom. The van der Waals surface area contributed by atoms with Crippen LogP contribution in [0.1, 0.15) is 51.9 Å². The van der Waals surface area contributed by atoms with Gasteiger partial charge in [-0.1, -0.05) is 25.1 Å². The summed E-state index contributed by atoms with van der Waals surface area (Å²) in [7, 11) is 0. The molecule has 1 aromatic carbocycles. The molecule has 1 aromatic rings. The van der Waals surface area contributed by atoms with Gasteiger partial charge >= 0.3 is 0 Å². The molecule has 5 aliphatic heterocycles. The maximum atomic E-state index is 4.30. The lowest BCUT2D eigenvalue weighted by atomic mass is 9.50. The van der Waals surface area contributed by atoms with Crippen LogP contribution >= 0.6 is 0 Å². The highest BCUT2D eigenvalue weighted by atomic mass is 15.3. The van der Waals surface area contributed by atoms with Gasteiger partial charge in [0.25, 0.3) is 0 Å². The first kappa shape index (κ1) is 23.0. The predicted molar refractivity (Wildman–Crippen MR) is 144 cm³/mol. The first-order chi connectivity index (χ1) is 17.4. The number of nitrogens with zero attached hydrogens (tertiary/aromatic N) is 2. The van der Waals surface area contributed by atoms with Crippen molar-refractivity contribution in [2.75, 3.05) is 50.7 Å². The Balaban J connectivity index is 1.41. The zero-order chi connectivity index (χ0) is 23.4. The topological polar surface area (TPSA) is 42.6 Å². The second-order valence-electron chi connectivity index (χ2n) is 12.6. The van der Waals surface area contributed by atoms with Crippen LogP contribution in [0.25, 0.3) is 0 Å². The van der Waals surface area contributed by atoms with Gasteiger partial charge in [0, 0.05) is 48.4 Å². The molecule has 0 bridgehead atoms. The number of likely N-dealkylation sites (tertiary alicyclic amines) is 1. The van der Waals surface area contributed by atoms with Gasteiger partial charge in [-0.2, -0.15) is 0 Å². The number of para-hydroxylation sites is 1. The fourth-order valence-corrected chi connectivity index (χ4v) is 10.7. The molecule has 1 spiro atoms. The molecule has 5 heterocycles. The van der Waals surface area contributed by atoms with Gasteiger partial charge in [0.2, 0.25) is 0 Å². The first-order valence-corrected chi connectivity index (χ1v) is 15.1. The molecule has 35 heavy (non-hydrogen) atoms. The van der Waals surface area contributed by atoms with Gasteiger partial charge in [-0.05, 0) is 113 Å². The monoisotopic (exact) mass is 477 g/mol. The normalized spacial score (nSPS) is 45.5. The minimum atomic E-state index is 0.413. The zero-order valence-electron chi connectivity index (χ0n) is 21.8. The lowest BCUT2D eigenvalue weighted by molar-refractivity contribution is -0.108. The van der Waals surface area contributed by atoms with Gasteiger partial charge < -0.3 is 20.9 Å². The van der Waals surface area contributed by atoms with Gasteiger partial charge in [-0.15, -0.1) is 0 Å². The summed E-state index contributed by atoms with van der Waals surface area (Å²) < 4.78 is 0. The van der Waals surface area contributed by atoms with E-state index in [2.05, 4.69) is 63.0 Å². The molecule has 0 radical (unpaired) electrons. The van der Waals surface area contributed by atoms with Crippen LogP contribution < -0.4 is 20.9 Å². The Bertz CT molecular complexity index is 849. The molecule has 5 nitrogen and oxygen atoms in total. The Hall–Kier alpha value is -1.14. The van der Waals surface area contributed by atoms with Crippen molar-refractivity contribution in [3.8, 4) is 0 Å². The Labute approximate surface area is 212 Å². The van der Waals surface area contributed by atoms with Crippen LogP contribution in [0, 0.1) is 29.1 Å². The molecule has 192 valence electrons. The number of rotatable bonds is 3. The summed E-state index contributed by atoms with van der Waals surface area (Å²) in [4.78, 5) is 5.96. The standard InChI is InChI=1S/C30H47N5/c1-2-17-34-18-7-11-23-22-10-6-14-33-28(22)30(29(23)34)24-12-15-31-19-26(24)35(21-8-4-3-5-9-21)27-20-32-16-13-25(27)30/h3-5,8-9,22-29,31-33H,2,6-7,10-20H2,1H3. The van der Waals surface area contributed by atoms with E-state index < -0.39 is 0 Å². The molecule has 0 aromatic heterocycles. The van der Waals surface area contributed by atoms with Crippen LogP contribution in [0.4, 0.5) is 5.69 Å². The smallest absolute Gasteiger partial charge is 0.0453 e. The van der Waals surface area contributed by atoms with Crippen molar-refractivity contribution in [1.29, 1.82) is 0 Å². The number of anilines is 1. The third-order valence-corrected chi connectivity index (χ3v) is 11.4. The van der Waals surface area contributed by atoms with E-state index in [9.17, 15) is 0 Å². The van der Waals surface area contributed by atoms with Crippen molar-refractivity contribution in [2.45, 2.75) is 76.0 Å². The van der Waals surface area contributed by atoms with Gasteiger partial charge in [0.15, 0.2) is 0 Å². The summed E-state index contributed by atoms with van der Waals surface area (Å²) >= 11 is 0. The molecule has 7 rings (SSSR count). The number of hydrogen-bond acceptors (Lipinski definition) is 5. The van der Waals surface area contributed by atoms with E-state index in [1.54, 1.807) is 0 Å². The van der Waals surface area contributed by atoms with Gasteiger partial charge in [0.05, 0.1) is 0 Å². The number of hydrogen-bond donors (Lipinski definition) is 3. The number of piperidine rings is 5. The van der Waals surface area contributed by atoms with Crippen molar-refractivity contribution in [3.05, 3.63) is 30.3 Å². The second-order valence-corrected chi connectivity index (χ2v) is 12.6. The van der Waals surface area contributed by atoms with Crippen molar-refractivity contribution in [3.63, 3.8) is 0 Å². The minimum Gasteiger partial charge on any atom is -0.362 e. The van der Waals surface area contributed by atoms with E-state index in [1.807, 2.05) is 0 Å². The fourth-order valence-electron chi connectivity index (χ4n) is 10.7. The maximum absolute atomic E-state index is 4.30. The van der Waals surface area contributed by atoms with E-state index in [1.165, 1.54) is 83.4 Å². The molecule has 5 heteroatoms. The van der Waals surface area contributed by atoms with Gasteiger partial charge in [-0.3, -0.25) is 4.90 Å². The van der Waals surface area contributed by atoms with E-state index in [0.717, 1.165) is 48.8 Å². The summed E-state index contributed by atoms with van der Waals surface area (Å²) in [5, 5.41) is 12.0. The summed E-state index contributed by atoms with van der Waals surface area (Å²) in [6.45, 7) is 11.0. The molecule has 6 aliphatic rings. The lowest BCUT2D eigenvalue weighted by Crippen LogP contribution is -2.77. The van der Waals surface area contributed by atoms with Gasteiger partial charge in [0.1, 0.15) is 0 Å². The zero-order valence-corrected chi connectivity index (χ0v) is 21.8. The highest BCUT2D eigenvalue weighted by molar-refractivity contribution is 5.51. The molecular weight excluding hydrogens is 430 g/mol. The molecule has 8 unspecified atom stereocenters. The molecule has 3 N–H and O–H groups in total. The minimum absolute atomic E-state index is 0.413. The Morgan fingerprint density at radius 3 is 2.29 bits per heavy atom. The van der Waals surface area contributed by atoms with Crippen LogP contribution in [-0.2, 0) is 0 Å². The molecule has 1 aliphatic carbocycles. The molecule has 5 saturated heterocycles. The predicted octanol–water partition coefficient (Wildman–Crippen LogP) is 3.32. The summed E-state index contributed by atoms with van der Waals surface area (Å²) in [5.41, 5.74) is 1.87. The Morgan fingerprint density at radius 1 is 0.857 bits per heavy atom. The van der Waals surface area contributed by atoms with Crippen LogP contribution in [0.2, 0.25) is 0 Å². The fraction of sp³-hybridized carbons (Fsp3) is 0.800. The van der Waals surface area contributed by atoms with Crippen LogP contribution in [-0.4, -0.2) is 74.9 Å². The van der Waals surface area contributed by atoms with Crippen molar-refractivity contribution in [1.82, 2.24) is 20.9 Å². The highest BCUT2D eigenvalue weighted by Gasteiger charge is 2.72. The van der Waals surface area contributed by atoms with E-state index in [-0.39, 0.29) is 0 Å². The Kier molecular flexibility index (Phi) is 6.12. The molecule has 0 amide bonds. The second kappa shape index (κ2) is 9.31. The van der Waals surface area contributed by atoms with E-state index in [4.69, 9.17) is 0 Å². The van der Waals surface area contributed by atoms with Crippen LogP contribution in [0.3, 0.4) is 0 Å². The molecular formula is C30H47N5. The number of benzene rings is 1. The van der Waals surface area contributed by atoms with E-state index in [0.29, 0.717) is 17.5 Å². The lowest BCUT2D eigenvalue weighted by Gasteiger charge is -2.68. The van der Waals surface area contributed by atoms with Crippen LogP contribution in [0.15, 0.2) is 30.3 Å². The third kappa shape index (κ3) is 3.34. The summed E-state index contributed by atoms with van der Waals surface area (Å²) in [6.07, 6.45) is 9.73. The summed E-state index contributed by atoms with van der Waals surface area (Å²) in [5.74, 6) is 3.34. The largest absolute Gasteiger partial charge is 0.362 e. The molecule has 1 saturated carbocycles. The number of fused-ring (bicyclic) bond motifs is 9. The quantitative estimate of drug-likeness (QED) is 0.623. The van der Waals surface area contributed by atoms with E-state index >= 15 is 0 Å². The third-order valence-electron chi connectivity index (χ3n) is 11.4. The SMILES string of the molecule is CCCN1CCCC2C3CCCNC3C3(C4CCNCC4N(c4ccccc4)C4CNCCC43)C21. The average molecular weight is 478 g/mol. The van der Waals surface area contributed by atoms with Gasteiger partial charge in [-0.25, -0.2) is 0 Å². The first-order valence-electron chi connectivity index (χ1n) is 15.1. The average Bonchev–Trinajstić information content (AvgIpc) is 3.22. The molecule has 8 atom stereocenters.